The van der Waals surface area contributed by atoms with Gasteiger partial charge in [-0.25, -0.2) is 8.78 Å². The highest BCUT2D eigenvalue weighted by atomic mass is 19.2. The third-order valence-corrected chi connectivity index (χ3v) is 4.46. The van der Waals surface area contributed by atoms with Crippen LogP contribution in [0.2, 0.25) is 0 Å². The van der Waals surface area contributed by atoms with Gasteiger partial charge in [0.15, 0.2) is 11.6 Å². The molecule has 1 fully saturated rings. The highest BCUT2D eigenvalue weighted by Crippen LogP contribution is 2.17. The molecule has 1 atom stereocenters. The highest BCUT2D eigenvalue weighted by Gasteiger charge is 2.26. The second-order valence-corrected chi connectivity index (χ2v) is 6.12. The smallest absolute Gasteiger partial charge is 0.257 e. The number of amides is 1. The number of aliphatic hydroxyl groups is 1. The quantitative estimate of drug-likeness (QED) is 0.925. The number of benzene rings is 2. The molecule has 1 aliphatic rings. The minimum atomic E-state index is -1.10. The lowest BCUT2D eigenvalue weighted by atomic mass is 10.1. The lowest BCUT2D eigenvalue weighted by Gasteiger charge is -2.35. The first-order valence-electron chi connectivity index (χ1n) is 8.25. The van der Waals surface area contributed by atoms with Crippen LogP contribution in [0.4, 0.5) is 8.78 Å². The molecule has 25 heavy (non-hydrogen) atoms. The number of nitrogens with zero attached hydrogens (tertiary/aromatic N) is 2. The Hall–Kier alpha value is -2.31. The van der Waals surface area contributed by atoms with Gasteiger partial charge in [0.2, 0.25) is 0 Å². The van der Waals surface area contributed by atoms with Crippen molar-refractivity contribution in [3.63, 3.8) is 0 Å². The van der Waals surface area contributed by atoms with Crippen molar-refractivity contribution in [2.24, 2.45) is 0 Å². The molecule has 0 bridgehead atoms. The summed E-state index contributed by atoms with van der Waals surface area (Å²) in [5, 5.41) is 10.3. The first kappa shape index (κ1) is 17.5. The maximum Gasteiger partial charge on any atom is 0.257 e. The third-order valence-electron chi connectivity index (χ3n) is 4.46. The van der Waals surface area contributed by atoms with Crippen LogP contribution < -0.4 is 0 Å². The monoisotopic (exact) mass is 346 g/mol. The molecule has 6 heteroatoms. The third kappa shape index (κ3) is 4.03. The van der Waals surface area contributed by atoms with Crippen LogP contribution in [0.15, 0.2) is 48.5 Å². The summed E-state index contributed by atoms with van der Waals surface area (Å²) in [5.74, 6) is -2.62. The van der Waals surface area contributed by atoms with Crippen LogP contribution >= 0.6 is 0 Å². The van der Waals surface area contributed by atoms with E-state index >= 15 is 0 Å². The molecule has 1 amide bonds. The van der Waals surface area contributed by atoms with E-state index in [1.165, 1.54) is 17.0 Å². The fourth-order valence-corrected chi connectivity index (χ4v) is 3.00. The van der Waals surface area contributed by atoms with E-state index in [4.69, 9.17) is 0 Å². The Morgan fingerprint density at radius 2 is 1.68 bits per heavy atom. The summed E-state index contributed by atoms with van der Waals surface area (Å²) in [6, 6.07) is 13.0. The van der Waals surface area contributed by atoms with E-state index in [0.717, 1.165) is 11.6 Å². The molecule has 0 saturated carbocycles. The molecule has 2 aromatic rings. The zero-order chi connectivity index (χ0) is 17.8. The Balaban J connectivity index is 1.57. The number of carbonyl (C=O) groups excluding carboxylic acids is 1. The van der Waals surface area contributed by atoms with Crippen molar-refractivity contribution in [2.45, 2.75) is 6.10 Å². The molecular weight excluding hydrogens is 326 g/mol. The van der Waals surface area contributed by atoms with Gasteiger partial charge in [-0.2, -0.15) is 0 Å². The summed E-state index contributed by atoms with van der Waals surface area (Å²) in [6.45, 7) is 2.45. The van der Waals surface area contributed by atoms with Crippen LogP contribution in [0, 0.1) is 11.6 Å². The van der Waals surface area contributed by atoms with Crippen molar-refractivity contribution >= 4 is 5.91 Å². The van der Waals surface area contributed by atoms with Crippen molar-refractivity contribution in [3.8, 4) is 0 Å². The fraction of sp³-hybridized carbons (Fsp3) is 0.316. The van der Waals surface area contributed by atoms with Gasteiger partial charge in [-0.15, -0.1) is 0 Å². The van der Waals surface area contributed by atoms with Gasteiger partial charge in [0.25, 0.3) is 5.91 Å². The lowest BCUT2D eigenvalue weighted by molar-refractivity contribution is 0.0523. The van der Waals surface area contributed by atoms with Gasteiger partial charge in [0.05, 0.1) is 11.7 Å². The lowest BCUT2D eigenvalue weighted by Crippen LogP contribution is -2.49. The van der Waals surface area contributed by atoms with Crippen LogP contribution in [-0.4, -0.2) is 53.5 Å². The molecule has 0 aliphatic carbocycles. The maximum absolute atomic E-state index is 13.8. The SMILES string of the molecule is O=C(c1cccc(F)c1F)N1CCN(CC(O)c2ccccc2)CC1. The fourth-order valence-electron chi connectivity index (χ4n) is 3.00. The average Bonchev–Trinajstić information content (AvgIpc) is 2.65. The van der Waals surface area contributed by atoms with Crippen LogP contribution in [0.1, 0.15) is 22.0 Å². The second kappa shape index (κ2) is 7.72. The van der Waals surface area contributed by atoms with Crippen molar-refractivity contribution in [1.82, 2.24) is 9.80 Å². The van der Waals surface area contributed by atoms with Gasteiger partial charge in [0.1, 0.15) is 0 Å². The summed E-state index contributed by atoms with van der Waals surface area (Å²) < 4.78 is 27.1. The van der Waals surface area contributed by atoms with E-state index < -0.39 is 23.6 Å². The minimum absolute atomic E-state index is 0.238. The highest BCUT2D eigenvalue weighted by molar-refractivity contribution is 5.94. The second-order valence-electron chi connectivity index (χ2n) is 6.12. The average molecular weight is 346 g/mol. The number of hydrogen-bond donors (Lipinski definition) is 1. The minimum Gasteiger partial charge on any atom is -0.387 e. The van der Waals surface area contributed by atoms with E-state index in [9.17, 15) is 18.7 Å². The summed E-state index contributed by atoms with van der Waals surface area (Å²) in [4.78, 5) is 16.0. The molecule has 1 N–H and O–H groups in total. The van der Waals surface area contributed by atoms with Crippen LogP contribution in [0.3, 0.4) is 0 Å². The van der Waals surface area contributed by atoms with Crippen molar-refractivity contribution in [3.05, 3.63) is 71.3 Å². The molecule has 0 aromatic heterocycles. The number of hydrogen-bond acceptors (Lipinski definition) is 3. The molecule has 1 heterocycles. The maximum atomic E-state index is 13.8. The van der Waals surface area contributed by atoms with E-state index in [2.05, 4.69) is 4.90 Å². The molecule has 1 aliphatic heterocycles. The number of rotatable bonds is 4. The normalized spacial score (nSPS) is 16.7. The zero-order valence-electron chi connectivity index (χ0n) is 13.7. The van der Waals surface area contributed by atoms with E-state index in [1.807, 2.05) is 30.3 Å². The molecule has 3 rings (SSSR count). The van der Waals surface area contributed by atoms with Gasteiger partial charge in [0, 0.05) is 32.7 Å². The topological polar surface area (TPSA) is 43.8 Å². The van der Waals surface area contributed by atoms with Gasteiger partial charge in [-0.1, -0.05) is 36.4 Å². The molecule has 0 radical (unpaired) electrons. The standard InChI is InChI=1S/C19H20F2N2O2/c20-16-8-4-7-15(18(16)21)19(25)23-11-9-22(10-12-23)13-17(24)14-5-2-1-3-6-14/h1-8,17,24H,9-13H2. The zero-order valence-corrected chi connectivity index (χ0v) is 13.7. The van der Waals surface area contributed by atoms with Crippen LogP contribution in [-0.2, 0) is 0 Å². The molecule has 1 unspecified atom stereocenters. The largest absolute Gasteiger partial charge is 0.387 e. The van der Waals surface area contributed by atoms with E-state index in [0.29, 0.717) is 32.7 Å². The van der Waals surface area contributed by atoms with Gasteiger partial charge in [-0.3, -0.25) is 9.69 Å². The number of piperazine rings is 1. The number of halogens is 2. The predicted molar refractivity (Wildman–Crippen MR) is 90.1 cm³/mol. The van der Waals surface area contributed by atoms with Crippen LogP contribution in [0.5, 0.6) is 0 Å². The predicted octanol–water partition coefficient (Wildman–Crippen LogP) is 2.46. The van der Waals surface area contributed by atoms with Gasteiger partial charge < -0.3 is 10.0 Å². The van der Waals surface area contributed by atoms with Crippen LogP contribution in [0.25, 0.3) is 0 Å². The molecule has 132 valence electrons. The van der Waals surface area contributed by atoms with Crippen molar-refractivity contribution in [2.75, 3.05) is 32.7 Å². The van der Waals surface area contributed by atoms with Crippen molar-refractivity contribution in [1.29, 1.82) is 0 Å². The van der Waals surface area contributed by atoms with E-state index in [-0.39, 0.29) is 5.56 Å². The van der Waals surface area contributed by atoms with Crippen molar-refractivity contribution < 1.29 is 18.7 Å². The molecular formula is C19H20F2N2O2. The van der Waals surface area contributed by atoms with Gasteiger partial charge >= 0.3 is 0 Å². The molecule has 2 aromatic carbocycles. The van der Waals surface area contributed by atoms with E-state index in [1.54, 1.807) is 0 Å². The number of carbonyl (C=O) groups is 1. The summed E-state index contributed by atoms with van der Waals surface area (Å²) in [5.41, 5.74) is 0.612. The first-order chi connectivity index (χ1) is 12.1. The Kier molecular flexibility index (Phi) is 5.40. The molecule has 1 saturated heterocycles. The Morgan fingerprint density at radius 1 is 1.00 bits per heavy atom. The Labute approximate surface area is 145 Å². The Morgan fingerprint density at radius 3 is 2.36 bits per heavy atom. The first-order valence-corrected chi connectivity index (χ1v) is 8.25. The molecule has 4 nitrogen and oxygen atoms in total. The summed E-state index contributed by atoms with van der Waals surface area (Å²) in [7, 11) is 0. The van der Waals surface area contributed by atoms with Gasteiger partial charge in [-0.05, 0) is 17.7 Å². The summed E-state index contributed by atoms with van der Waals surface area (Å²) >= 11 is 0. The number of β-amino-alcohol motifs (C(OH)–C–C–N with tert-alkyl or cyclic N) is 1. The molecule has 0 spiro atoms. The number of aliphatic hydroxyl groups excluding tert-OH is 1. The Bertz CT molecular complexity index is 731. The summed E-state index contributed by atoms with van der Waals surface area (Å²) in [6.07, 6.45) is -0.593.